The highest BCUT2D eigenvalue weighted by Crippen LogP contribution is 2.23. The number of thiophene rings is 1. The van der Waals surface area contributed by atoms with Gasteiger partial charge in [0.25, 0.3) is 0 Å². The van der Waals surface area contributed by atoms with Crippen LogP contribution in [0.25, 0.3) is 0 Å². The summed E-state index contributed by atoms with van der Waals surface area (Å²) in [5.74, 6) is 0.257. The Balaban J connectivity index is 1.73. The van der Waals surface area contributed by atoms with Crippen LogP contribution in [0.3, 0.4) is 0 Å². The number of hydrogen-bond donors (Lipinski definition) is 0. The van der Waals surface area contributed by atoms with Crippen LogP contribution in [0.2, 0.25) is 4.34 Å². The lowest BCUT2D eigenvalue weighted by atomic mass is 10.3. The van der Waals surface area contributed by atoms with Crippen molar-refractivity contribution in [1.29, 1.82) is 0 Å². The lowest BCUT2D eigenvalue weighted by Gasteiger charge is -2.34. The van der Waals surface area contributed by atoms with E-state index in [1.165, 1.54) is 11.1 Å². The molecule has 0 N–H and O–H groups in total. The SMILES string of the molecule is CS(=O)(=O)CCN1CCN(Cc2ccc(Cl)s2)CC1. The molecule has 0 bridgehead atoms. The van der Waals surface area contributed by atoms with E-state index in [1.807, 2.05) is 6.07 Å². The van der Waals surface area contributed by atoms with Crippen LogP contribution in [-0.4, -0.2) is 63.0 Å². The summed E-state index contributed by atoms with van der Waals surface area (Å²) in [6.45, 7) is 5.44. The first-order valence-electron chi connectivity index (χ1n) is 6.29. The number of nitrogens with zero attached hydrogens (tertiary/aromatic N) is 2. The van der Waals surface area contributed by atoms with Crippen LogP contribution in [-0.2, 0) is 16.4 Å². The molecule has 19 heavy (non-hydrogen) atoms. The van der Waals surface area contributed by atoms with Gasteiger partial charge >= 0.3 is 0 Å². The first kappa shape index (κ1) is 15.3. The molecule has 7 heteroatoms. The van der Waals surface area contributed by atoms with E-state index in [2.05, 4.69) is 15.9 Å². The molecule has 1 aliphatic rings. The van der Waals surface area contributed by atoms with Crippen molar-refractivity contribution < 1.29 is 8.42 Å². The Morgan fingerprint density at radius 2 is 1.84 bits per heavy atom. The number of piperazine rings is 1. The van der Waals surface area contributed by atoms with Crippen molar-refractivity contribution in [2.75, 3.05) is 44.7 Å². The van der Waals surface area contributed by atoms with Crippen molar-refractivity contribution in [3.05, 3.63) is 21.3 Å². The molecule has 108 valence electrons. The summed E-state index contributed by atoms with van der Waals surface area (Å²) in [5, 5.41) is 0. The molecule has 4 nitrogen and oxygen atoms in total. The molecule has 0 aliphatic carbocycles. The molecule has 2 rings (SSSR count). The standard InChI is InChI=1S/C12H19ClN2O2S2/c1-19(16,17)9-8-14-4-6-15(7-5-14)10-11-2-3-12(13)18-11/h2-3H,4-10H2,1H3. The molecule has 0 saturated carbocycles. The minimum Gasteiger partial charge on any atom is -0.300 e. The second-order valence-corrected chi connectivity index (χ2v) is 9.01. The van der Waals surface area contributed by atoms with Crippen molar-refractivity contribution >= 4 is 32.8 Å². The molecular weight excluding hydrogens is 304 g/mol. The fraction of sp³-hybridized carbons (Fsp3) is 0.667. The maximum atomic E-state index is 11.1. The average molecular weight is 323 g/mol. The number of hydrogen-bond acceptors (Lipinski definition) is 5. The third-order valence-electron chi connectivity index (χ3n) is 3.25. The zero-order valence-electron chi connectivity index (χ0n) is 11.0. The zero-order valence-corrected chi connectivity index (χ0v) is 13.4. The van der Waals surface area contributed by atoms with Gasteiger partial charge in [0.15, 0.2) is 0 Å². The molecule has 0 radical (unpaired) electrons. The fourth-order valence-electron chi connectivity index (χ4n) is 2.12. The van der Waals surface area contributed by atoms with Gasteiger partial charge in [-0.2, -0.15) is 0 Å². The van der Waals surface area contributed by atoms with Gasteiger partial charge in [-0.15, -0.1) is 11.3 Å². The van der Waals surface area contributed by atoms with Gasteiger partial charge in [-0.25, -0.2) is 8.42 Å². The van der Waals surface area contributed by atoms with E-state index in [0.717, 1.165) is 37.1 Å². The van der Waals surface area contributed by atoms with Crippen LogP contribution < -0.4 is 0 Å². The van der Waals surface area contributed by atoms with Crippen LogP contribution in [0.1, 0.15) is 4.88 Å². The summed E-state index contributed by atoms with van der Waals surface area (Å²) in [5.41, 5.74) is 0. The van der Waals surface area contributed by atoms with Crippen LogP contribution >= 0.6 is 22.9 Å². The smallest absolute Gasteiger partial charge is 0.148 e. The van der Waals surface area contributed by atoms with Gasteiger partial charge in [-0.3, -0.25) is 9.80 Å². The molecule has 1 aromatic rings. The lowest BCUT2D eigenvalue weighted by Crippen LogP contribution is -2.47. The summed E-state index contributed by atoms with van der Waals surface area (Å²) >= 11 is 7.55. The van der Waals surface area contributed by atoms with Crippen LogP contribution in [0.4, 0.5) is 0 Å². The minimum atomic E-state index is -2.85. The lowest BCUT2D eigenvalue weighted by molar-refractivity contribution is 0.133. The average Bonchev–Trinajstić information content (AvgIpc) is 2.73. The van der Waals surface area contributed by atoms with E-state index in [0.29, 0.717) is 6.54 Å². The number of sulfone groups is 1. The van der Waals surface area contributed by atoms with Crippen LogP contribution in [0, 0.1) is 0 Å². The first-order chi connectivity index (χ1) is 8.92. The highest BCUT2D eigenvalue weighted by molar-refractivity contribution is 7.90. The second-order valence-electron chi connectivity index (χ2n) is 4.95. The third kappa shape index (κ3) is 5.39. The van der Waals surface area contributed by atoms with Crippen LogP contribution in [0.5, 0.6) is 0 Å². The molecule has 0 aromatic carbocycles. The topological polar surface area (TPSA) is 40.6 Å². The Hall–Kier alpha value is -0.140. The predicted molar refractivity (Wildman–Crippen MR) is 80.8 cm³/mol. The highest BCUT2D eigenvalue weighted by atomic mass is 35.5. The van der Waals surface area contributed by atoms with Gasteiger partial charge in [0, 0.05) is 50.4 Å². The van der Waals surface area contributed by atoms with E-state index < -0.39 is 9.84 Å². The normalized spacial score (nSPS) is 18.8. The Kier molecular flexibility index (Phi) is 5.25. The molecular formula is C12H19ClN2O2S2. The predicted octanol–water partition coefficient (Wildman–Crippen LogP) is 1.56. The summed E-state index contributed by atoms with van der Waals surface area (Å²) in [6, 6.07) is 4.01. The van der Waals surface area contributed by atoms with Crippen molar-refractivity contribution in [1.82, 2.24) is 9.80 Å². The maximum absolute atomic E-state index is 11.1. The Labute approximate surface area is 123 Å². The van der Waals surface area contributed by atoms with Crippen LogP contribution in [0.15, 0.2) is 12.1 Å². The quantitative estimate of drug-likeness (QED) is 0.825. The summed E-state index contributed by atoms with van der Waals surface area (Å²) in [6.07, 6.45) is 1.30. The van der Waals surface area contributed by atoms with Gasteiger partial charge < -0.3 is 0 Å². The molecule has 0 unspecified atom stereocenters. The van der Waals surface area contributed by atoms with Gasteiger partial charge in [0.2, 0.25) is 0 Å². The minimum absolute atomic E-state index is 0.257. The van der Waals surface area contributed by atoms with Gasteiger partial charge in [-0.1, -0.05) is 11.6 Å². The fourth-order valence-corrected chi connectivity index (χ4v) is 3.84. The highest BCUT2D eigenvalue weighted by Gasteiger charge is 2.18. The van der Waals surface area contributed by atoms with E-state index in [4.69, 9.17) is 11.6 Å². The van der Waals surface area contributed by atoms with Crippen molar-refractivity contribution in [3.63, 3.8) is 0 Å². The first-order valence-corrected chi connectivity index (χ1v) is 9.54. The summed E-state index contributed by atoms with van der Waals surface area (Å²) < 4.78 is 23.1. The van der Waals surface area contributed by atoms with E-state index in [-0.39, 0.29) is 5.75 Å². The van der Waals surface area contributed by atoms with E-state index >= 15 is 0 Å². The number of halogens is 1. The molecule has 1 fully saturated rings. The van der Waals surface area contributed by atoms with Crippen molar-refractivity contribution in [2.24, 2.45) is 0 Å². The second kappa shape index (κ2) is 6.54. The number of rotatable bonds is 5. The Bertz CT molecular complexity index is 508. The van der Waals surface area contributed by atoms with Gasteiger partial charge in [0.05, 0.1) is 10.1 Å². The third-order valence-corrected chi connectivity index (χ3v) is 5.39. The Morgan fingerprint density at radius 1 is 1.21 bits per heavy atom. The largest absolute Gasteiger partial charge is 0.300 e. The van der Waals surface area contributed by atoms with Crippen molar-refractivity contribution in [3.8, 4) is 0 Å². The van der Waals surface area contributed by atoms with E-state index in [9.17, 15) is 8.42 Å². The van der Waals surface area contributed by atoms with Crippen molar-refractivity contribution in [2.45, 2.75) is 6.54 Å². The molecule has 0 spiro atoms. The monoisotopic (exact) mass is 322 g/mol. The molecule has 1 aromatic heterocycles. The van der Waals surface area contributed by atoms with Gasteiger partial charge in [0.1, 0.15) is 9.84 Å². The van der Waals surface area contributed by atoms with Gasteiger partial charge in [-0.05, 0) is 12.1 Å². The molecule has 0 atom stereocenters. The zero-order chi connectivity index (χ0) is 13.9. The maximum Gasteiger partial charge on any atom is 0.148 e. The molecule has 2 heterocycles. The summed E-state index contributed by atoms with van der Waals surface area (Å²) in [4.78, 5) is 5.90. The Morgan fingerprint density at radius 3 is 2.37 bits per heavy atom. The molecule has 0 amide bonds. The molecule has 1 saturated heterocycles. The molecule has 1 aliphatic heterocycles. The van der Waals surface area contributed by atoms with E-state index in [1.54, 1.807) is 11.3 Å². The summed E-state index contributed by atoms with van der Waals surface area (Å²) in [7, 11) is -2.85.